The third-order valence-corrected chi connectivity index (χ3v) is 3.31. The van der Waals surface area contributed by atoms with Gasteiger partial charge in [-0.3, -0.25) is 9.78 Å². The SMILES string of the molecule is O=C(CCNCCc1ccncc1)N1CCCC1. The second-order valence-electron chi connectivity index (χ2n) is 4.69. The molecule has 1 fully saturated rings. The minimum atomic E-state index is 0.295. The van der Waals surface area contributed by atoms with Crippen LogP contribution in [-0.4, -0.2) is 42.0 Å². The monoisotopic (exact) mass is 247 g/mol. The molecule has 4 heteroatoms. The lowest BCUT2D eigenvalue weighted by atomic mass is 10.2. The van der Waals surface area contributed by atoms with Gasteiger partial charge in [0.1, 0.15) is 0 Å². The fourth-order valence-corrected chi connectivity index (χ4v) is 2.23. The van der Waals surface area contributed by atoms with Gasteiger partial charge in [-0.25, -0.2) is 0 Å². The van der Waals surface area contributed by atoms with E-state index in [9.17, 15) is 4.79 Å². The zero-order valence-electron chi connectivity index (χ0n) is 10.8. The number of carbonyl (C=O) groups is 1. The summed E-state index contributed by atoms with van der Waals surface area (Å²) in [6.07, 6.45) is 7.57. The molecule has 0 bridgehead atoms. The molecule has 0 radical (unpaired) electrons. The number of carbonyl (C=O) groups excluding carboxylic acids is 1. The first-order valence-corrected chi connectivity index (χ1v) is 6.73. The third kappa shape index (κ3) is 4.11. The van der Waals surface area contributed by atoms with Crippen LogP contribution in [0.25, 0.3) is 0 Å². The summed E-state index contributed by atoms with van der Waals surface area (Å²) in [5.74, 6) is 0.295. The average molecular weight is 247 g/mol. The Balaban J connectivity index is 1.54. The molecule has 1 aliphatic rings. The van der Waals surface area contributed by atoms with Gasteiger partial charge in [0.05, 0.1) is 0 Å². The van der Waals surface area contributed by atoms with E-state index < -0.39 is 0 Å². The molecule has 1 aliphatic heterocycles. The summed E-state index contributed by atoms with van der Waals surface area (Å²) in [6.45, 7) is 3.60. The fourth-order valence-electron chi connectivity index (χ4n) is 2.23. The maximum Gasteiger partial charge on any atom is 0.223 e. The van der Waals surface area contributed by atoms with Crippen molar-refractivity contribution < 1.29 is 4.79 Å². The lowest BCUT2D eigenvalue weighted by Gasteiger charge is -2.15. The topological polar surface area (TPSA) is 45.2 Å². The van der Waals surface area contributed by atoms with Crippen LogP contribution in [-0.2, 0) is 11.2 Å². The van der Waals surface area contributed by atoms with Crippen molar-refractivity contribution in [3.63, 3.8) is 0 Å². The van der Waals surface area contributed by atoms with Crippen molar-refractivity contribution in [3.05, 3.63) is 30.1 Å². The predicted molar refractivity (Wildman–Crippen MR) is 71.2 cm³/mol. The quantitative estimate of drug-likeness (QED) is 0.769. The zero-order valence-corrected chi connectivity index (χ0v) is 10.8. The van der Waals surface area contributed by atoms with Crippen molar-refractivity contribution in [2.24, 2.45) is 0 Å². The highest BCUT2D eigenvalue weighted by atomic mass is 16.2. The molecule has 2 rings (SSSR count). The molecule has 1 amide bonds. The first kappa shape index (κ1) is 13.0. The van der Waals surface area contributed by atoms with Gasteiger partial charge in [0.25, 0.3) is 0 Å². The molecule has 4 nitrogen and oxygen atoms in total. The van der Waals surface area contributed by atoms with E-state index in [1.54, 1.807) is 0 Å². The van der Waals surface area contributed by atoms with E-state index >= 15 is 0 Å². The molecule has 0 atom stereocenters. The number of likely N-dealkylation sites (tertiary alicyclic amines) is 1. The highest BCUT2D eigenvalue weighted by Gasteiger charge is 2.16. The van der Waals surface area contributed by atoms with Gasteiger partial charge < -0.3 is 10.2 Å². The van der Waals surface area contributed by atoms with Crippen LogP contribution in [0.3, 0.4) is 0 Å². The number of rotatable bonds is 6. The second-order valence-corrected chi connectivity index (χ2v) is 4.69. The molecule has 18 heavy (non-hydrogen) atoms. The third-order valence-electron chi connectivity index (χ3n) is 3.31. The standard InChI is InChI=1S/C14H21N3O/c18-14(17-11-1-2-12-17)6-10-16-9-5-13-3-7-15-8-4-13/h3-4,7-8,16H,1-2,5-6,9-12H2. The van der Waals surface area contributed by atoms with Crippen LogP contribution < -0.4 is 5.32 Å². The molecule has 1 aromatic heterocycles. The maximum atomic E-state index is 11.8. The largest absolute Gasteiger partial charge is 0.343 e. The van der Waals surface area contributed by atoms with Crippen LogP contribution >= 0.6 is 0 Å². The lowest BCUT2D eigenvalue weighted by molar-refractivity contribution is -0.130. The van der Waals surface area contributed by atoms with Gasteiger partial charge in [-0.2, -0.15) is 0 Å². The van der Waals surface area contributed by atoms with E-state index in [1.807, 2.05) is 29.4 Å². The Bertz CT molecular complexity index is 361. The predicted octanol–water partition coefficient (Wildman–Crippen LogP) is 1.23. The average Bonchev–Trinajstić information content (AvgIpc) is 2.93. The molecule has 0 unspecified atom stereocenters. The van der Waals surface area contributed by atoms with Crippen molar-refractivity contribution >= 4 is 5.91 Å². The Kier molecular flexibility index (Phi) is 5.15. The van der Waals surface area contributed by atoms with Crippen LogP contribution in [0.15, 0.2) is 24.5 Å². The molecular formula is C14H21N3O. The minimum absolute atomic E-state index is 0.295. The Hall–Kier alpha value is -1.42. The lowest BCUT2D eigenvalue weighted by Crippen LogP contribution is -2.31. The molecule has 2 heterocycles. The van der Waals surface area contributed by atoms with Gasteiger partial charge >= 0.3 is 0 Å². The number of nitrogens with zero attached hydrogens (tertiary/aromatic N) is 2. The van der Waals surface area contributed by atoms with Crippen molar-refractivity contribution in [3.8, 4) is 0 Å². The molecule has 1 aromatic rings. The first-order chi connectivity index (χ1) is 8.86. The molecule has 98 valence electrons. The minimum Gasteiger partial charge on any atom is -0.343 e. The number of hydrogen-bond donors (Lipinski definition) is 1. The van der Waals surface area contributed by atoms with E-state index in [1.165, 1.54) is 18.4 Å². The first-order valence-electron chi connectivity index (χ1n) is 6.73. The van der Waals surface area contributed by atoms with Crippen LogP contribution in [0.2, 0.25) is 0 Å². The molecule has 0 aromatic carbocycles. The maximum absolute atomic E-state index is 11.8. The highest BCUT2D eigenvalue weighted by molar-refractivity contribution is 5.76. The molecule has 0 saturated carbocycles. The van der Waals surface area contributed by atoms with E-state index in [2.05, 4.69) is 10.3 Å². The molecule has 0 spiro atoms. The number of pyridine rings is 1. The van der Waals surface area contributed by atoms with Crippen LogP contribution in [0.4, 0.5) is 0 Å². The van der Waals surface area contributed by atoms with Crippen molar-refractivity contribution in [2.75, 3.05) is 26.2 Å². The summed E-state index contributed by atoms with van der Waals surface area (Å²) >= 11 is 0. The number of hydrogen-bond acceptors (Lipinski definition) is 3. The second kappa shape index (κ2) is 7.11. The number of amides is 1. The molecular weight excluding hydrogens is 226 g/mol. The fraction of sp³-hybridized carbons (Fsp3) is 0.571. The number of aromatic nitrogens is 1. The van der Waals surface area contributed by atoms with Gasteiger partial charge in [0.15, 0.2) is 0 Å². The Morgan fingerprint density at radius 1 is 1.22 bits per heavy atom. The van der Waals surface area contributed by atoms with E-state index in [0.717, 1.165) is 32.6 Å². The van der Waals surface area contributed by atoms with E-state index in [-0.39, 0.29) is 0 Å². The highest BCUT2D eigenvalue weighted by Crippen LogP contribution is 2.08. The Morgan fingerprint density at radius 3 is 2.67 bits per heavy atom. The van der Waals surface area contributed by atoms with Gasteiger partial charge in [-0.1, -0.05) is 0 Å². The van der Waals surface area contributed by atoms with Crippen LogP contribution in [0.5, 0.6) is 0 Å². The van der Waals surface area contributed by atoms with Crippen LogP contribution in [0, 0.1) is 0 Å². The number of nitrogens with one attached hydrogen (secondary N) is 1. The molecule has 1 N–H and O–H groups in total. The summed E-state index contributed by atoms with van der Waals surface area (Å²) in [6, 6.07) is 4.05. The van der Waals surface area contributed by atoms with Crippen molar-refractivity contribution in [1.82, 2.24) is 15.2 Å². The smallest absolute Gasteiger partial charge is 0.223 e. The van der Waals surface area contributed by atoms with Gasteiger partial charge in [-0.15, -0.1) is 0 Å². The van der Waals surface area contributed by atoms with Crippen molar-refractivity contribution in [2.45, 2.75) is 25.7 Å². The molecule has 0 aliphatic carbocycles. The van der Waals surface area contributed by atoms with E-state index in [0.29, 0.717) is 12.3 Å². The summed E-state index contributed by atoms with van der Waals surface area (Å²) in [4.78, 5) is 17.7. The normalized spacial score (nSPS) is 15.0. The van der Waals surface area contributed by atoms with Gasteiger partial charge in [0, 0.05) is 38.4 Å². The Morgan fingerprint density at radius 2 is 1.94 bits per heavy atom. The zero-order chi connectivity index (χ0) is 12.6. The summed E-state index contributed by atoms with van der Waals surface area (Å²) < 4.78 is 0. The van der Waals surface area contributed by atoms with E-state index in [4.69, 9.17) is 0 Å². The van der Waals surface area contributed by atoms with Gasteiger partial charge in [0.2, 0.25) is 5.91 Å². The van der Waals surface area contributed by atoms with Crippen molar-refractivity contribution in [1.29, 1.82) is 0 Å². The summed E-state index contributed by atoms with van der Waals surface area (Å²) in [7, 11) is 0. The van der Waals surface area contributed by atoms with Crippen LogP contribution in [0.1, 0.15) is 24.8 Å². The summed E-state index contributed by atoms with van der Waals surface area (Å²) in [5.41, 5.74) is 1.28. The van der Waals surface area contributed by atoms with Gasteiger partial charge in [-0.05, 0) is 43.5 Å². The Labute approximate surface area is 108 Å². The summed E-state index contributed by atoms with van der Waals surface area (Å²) in [5, 5.41) is 3.32. The molecule has 1 saturated heterocycles.